The zero-order valence-corrected chi connectivity index (χ0v) is 9.18. The van der Waals surface area contributed by atoms with Gasteiger partial charge in [0.15, 0.2) is 0 Å². The van der Waals surface area contributed by atoms with Crippen LogP contribution in [0.1, 0.15) is 11.1 Å². The molecule has 0 aliphatic carbocycles. The minimum absolute atomic E-state index is 0.365. The zero-order valence-electron chi connectivity index (χ0n) is 7.60. The van der Waals surface area contributed by atoms with Gasteiger partial charge in [-0.15, -0.1) is 0 Å². The van der Waals surface area contributed by atoms with Gasteiger partial charge in [-0.25, -0.2) is 5.48 Å². The highest BCUT2D eigenvalue weighted by Crippen LogP contribution is 2.28. The van der Waals surface area contributed by atoms with Gasteiger partial charge in [-0.1, -0.05) is 15.9 Å². The number of ether oxygens (including phenoxy) is 1. The second kappa shape index (κ2) is 4.60. The molecular formula is C9H12BrNO2. The number of hydrogen-bond donors (Lipinski definition) is 2. The molecule has 0 heterocycles. The van der Waals surface area contributed by atoms with Crippen molar-refractivity contribution in [3.8, 4) is 5.75 Å². The van der Waals surface area contributed by atoms with Crippen LogP contribution >= 0.6 is 15.9 Å². The first-order valence-corrected chi connectivity index (χ1v) is 4.68. The van der Waals surface area contributed by atoms with Crippen molar-refractivity contribution < 1.29 is 9.94 Å². The number of nitrogens with one attached hydrogen (secondary N) is 1. The molecule has 0 spiro atoms. The minimum Gasteiger partial charge on any atom is -0.496 e. The molecule has 72 valence electrons. The summed E-state index contributed by atoms with van der Waals surface area (Å²) >= 11 is 3.41. The summed E-state index contributed by atoms with van der Waals surface area (Å²) in [5, 5.41) is 8.61. The summed E-state index contributed by atoms with van der Waals surface area (Å²) < 4.78 is 6.11. The Labute approximate surface area is 85.8 Å². The predicted molar refractivity (Wildman–Crippen MR) is 54.1 cm³/mol. The Balaban J connectivity index is 3.13. The summed E-state index contributed by atoms with van der Waals surface area (Å²) in [4.78, 5) is 0. The van der Waals surface area contributed by atoms with Crippen LogP contribution in [0.3, 0.4) is 0 Å². The highest BCUT2D eigenvalue weighted by Gasteiger charge is 2.07. The van der Waals surface area contributed by atoms with Gasteiger partial charge in [-0.2, -0.15) is 0 Å². The lowest BCUT2D eigenvalue weighted by molar-refractivity contribution is 0.160. The molecule has 0 saturated carbocycles. The molecule has 1 aromatic carbocycles. The molecule has 4 heteroatoms. The lowest BCUT2D eigenvalue weighted by Gasteiger charge is -2.10. The molecule has 13 heavy (non-hydrogen) atoms. The second-order valence-corrected chi connectivity index (χ2v) is 3.62. The van der Waals surface area contributed by atoms with Crippen LogP contribution in [-0.2, 0) is 6.54 Å². The van der Waals surface area contributed by atoms with Gasteiger partial charge in [0.25, 0.3) is 0 Å². The van der Waals surface area contributed by atoms with Crippen molar-refractivity contribution in [1.82, 2.24) is 5.48 Å². The first-order chi connectivity index (χ1) is 6.19. The lowest BCUT2D eigenvalue weighted by atomic mass is 10.1. The third-order valence-electron chi connectivity index (χ3n) is 1.77. The van der Waals surface area contributed by atoms with E-state index in [-0.39, 0.29) is 0 Å². The van der Waals surface area contributed by atoms with E-state index in [4.69, 9.17) is 9.94 Å². The lowest BCUT2D eigenvalue weighted by Crippen LogP contribution is -2.08. The molecule has 1 rings (SSSR count). The fourth-order valence-electron chi connectivity index (χ4n) is 1.17. The summed E-state index contributed by atoms with van der Waals surface area (Å²) in [6.45, 7) is 2.35. The van der Waals surface area contributed by atoms with Crippen LogP contribution in [0.25, 0.3) is 0 Å². The summed E-state index contributed by atoms with van der Waals surface area (Å²) in [6, 6.07) is 3.91. The number of hydrogen-bond acceptors (Lipinski definition) is 3. The Morgan fingerprint density at radius 1 is 1.54 bits per heavy atom. The highest BCUT2D eigenvalue weighted by molar-refractivity contribution is 9.10. The standard InChI is InChI=1S/C9H12BrNO2/c1-6-3-8(10)7(5-11-12)9(4-6)13-2/h3-4,11-12H,5H2,1-2H3. The van der Waals surface area contributed by atoms with E-state index in [0.717, 1.165) is 21.3 Å². The molecule has 0 fully saturated rings. The van der Waals surface area contributed by atoms with Gasteiger partial charge in [0.1, 0.15) is 5.75 Å². The molecule has 0 amide bonds. The average molecular weight is 246 g/mol. The normalized spacial score (nSPS) is 10.2. The van der Waals surface area contributed by atoms with E-state index in [0.29, 0.717) is 6.54 Å². The molecule has 0 aliphatic heterocycles. The van der Waals surface area contributed by atoms with Crippen molar-refractivity contribution >= 4 is 15.9 Å². The Hall–Kier alpha value is -0.580. The molecule has 0 bridgehead atoms. The Morgan fingerprint density at radius 2 is 2.23 bits per heavy atom. The van der Waals surface area contributed by atoms with Crippen LogP contribution < -0.4 is 10.2 Å². The minimum atomic E-state index is 0.365. The van der Waals surface area contributed by atoms with Crippen molar-refractivity contribution in [3.05, 3.63) is 27.7 Å². The number of rotatable bonds is 3. The van der Waals surface area contributed by atoms with Crippen LogP contribution in [0.2, 0.25) is 0 Å². The molecule has 3 nitrogen and oxygen atoms in total. The van der Waals surface area contributed by atoms with Gasteiger partial charge in [-0.3, -0.25) is 0 Å². The van der Waals surface area contributed by atoms with E-state index >= 15 is 0 Å². The number of benzene rings is 1. The zero-order chi connectivity index (χ0) is 9.84. The molecular weight excluding hydrogens is 234 g/mol. The molecule has 0 radical (unpaired) electrons. The van der Waals surface area contributed by atoms with Crippen LogP contribution in [-0.4, -0.2) is 12.3 Å². The highest BCUT2D eigenvalue weighted by atomic mass is 79.9. The van der Waals surface area contributed by atoms with Gasteiger partial charge in [0.2, 0.25) is 0 Å². The van der Waals surface area contributed by atoms with Crippen molar-refractivity contribution in [2.45, 2.75) is 13.5 Å². The van der Waals surface area contributed by atoms with Gasteiger partial charge >= 0.3 is 0 Å². The maximum atomic E-state index is 8.61. The maximum absolute atomic E-state index is 8.61. The van der Waals surface area contributed by atoms with Crippen LogP contribution in [0.5, 0.6) is 5.75 Å². The van der Waals surface area contributed by atoms with Crippen molar-refractivity contribution in [1.29, 1.82) is 0 Å². The Bertz CT molecular complexity index is 302. The quantitative estimate of drug-likeness (QED) is 0.803. The third kappa shape index (κ3) is 2.43. The predicted octanol–water partition coefficient (Wildman–Crippen LogP) is 2.24. The molecule has 0 aliphatic rings. The molecule has 0 atom stereocenters. The molecule has 2 N–H and O–H groups in total. The SMILES string of the molecule is COc1cc(C)cc(Br)c1CNO. The average Bonchev–Trinajstić information content (AvgIpc) is 2.09. The Morgan fingerprint density at radius 3 is 2.77 bits per heavy atom. The van der Waals surface area contributed by atoms with Crippen LogP contribution in [0, 0.1) is 6.92 Å². The van der Waals surface area contributed by atoms with Crippen molar-refractivity contribution in [2.75, 3.05) is 7.11 Å². The smallest absolute Gasteiger partial charge is 0.124 e. The van der Waals surface area contributed by atoms with Crippen molar-refractivity contribution in [2.24, 2.45) is 0 Å². The summed E-state index contributed by atoms with van der Waals surface area (Å²) in [5.41, 5.74) is 4.14. The van der Waals surface area contributed by atoms with E-state index in [9.17, 15) is 0 Å². The first-order valence-electron chi connectivity index (χ1n) is 3.89. The topological polar surface area (TPSA) is 41.5 Å². The van der Waals surface area contributed by atoms with Crippen LogP contribution in [0.15, 0.2) is 16.6 Å². The number of halogens is 1. The van der Waals surface area contributed by atoms with Crippen molar-refractivity contribution in [3.63, 3.8) is 0 Å². The fourth-order valence-corrected chi connectivity index (χ4v) is 1.87. The largest absolute Gasteiger partial charge is 0.496 e. The van der Waals surface area contributed by atoms with E-state index in [1.165, 1.54) is 0 Å². The number of methoxy groups -OCH3 is 1. The number of hydroxylamine groups is 1. The van der Waals surface area contributed by atoms with E-state index in [1.807, 2.05) is 19.1 Å². The summed E-state index contributed by atoms with van der Waals surface area (Å²) in [5.74, 6) is 0.772. The van der Waals surface area contributed by atoms with Gasteiger partial charge in [0.05, 0.1) is 13.7 Å². The van der Waals surface area contributed by atoms with Gasteiger partial charge in [0, 0.05) is 10.0 Å². The molecule has 0 aromatic heterocycles. The van der Waals surface area contributed by atoms with E-state index < -0.39 is 0 Å². The Kier molecular flexibility index (Phi) is 3.71. The molecule has 1 aromatic rings. The maximum Gasteiger partial charge on any atom is 0.124 e. The summed E-state index contributed by atoms with van der Waals surface area (Å²) in [6.07, 6.45) is 0. The van der Waals surface area contributed by atoms with Gasteiger partial charge < -0.3 is 9.94 Å². The molecule has 0 unspecified atom stereocenters. The molecule has 0 saturated heterocycles. The number of aryl methyl sites for hydroxylation is 1. The van der Waals surface area contributed by atoms with E-state index in [2.05, 4.69) is 21.4 Å². The van der Waals surface area contributed by atoms with E-state index in [1.54, 1.807) is 7.11 Å². The summed E-state index contributed by atoms with van der Waals surface area (Å²) in [7, 11) is 1.61. The second-order valence-electron chi connectivity index (χ2n) is 2.76. The van der Waals surface area contributed by atoms with Crippen LogP contribution in [0.4, 0.5) is 0 Å². The first kappa shape index (κ1) is 10.5. The monoisotopic (exact) mass is 245 g/mol. The van der Waals surface area contributed by atoms with Gasteiger partial charge in [-0.05, 0) is 24.6 Å². The third-order valence-corrected chi connectivity index (χ3v) is 2.48. The fraction of sp³-hybridized carbons (Fsp3) is 0.333.